The van der Waals surface area contributed by atoms with Crippen LogP contribution in [0.1, 0.15) is 22.6 Å². The number of nitrogens with one attached hydrogen (secondary N) is 2. The van der Waals surface area contributed by atoms with Crippen molar-refractivity contribution in [3.63, 3.8) is 0 Å². The van der Waals surface area contributed by atoms with Gasteiger partial charge >= 0.3 is 0 Å². The molecule has 10 heteroatoms. The minimum absolute atomic E-state index is 0.125. The highest BCUT2D eigenvalue weighted by atomic mass is 16.6. The molecular formula is C17H15N5O5. The van der Waals surface area contributed by atoms with Crippen LogP contribution in [0.3, 0.4) is 0 Å². The molecule has 0 atom stereocenters. The average molecular weight is 369 g/mol. The molecule has 3 aromatic rings. The summed E-state index contributed by atoms with van der Waals surface area (Å²) >= 11 is 0. The summed E-state index contributed by atoms with van der Waals surface area (Å²) in [6.45, 7) is 0.298. The van der Waals surface area contributed by atoms with E-state index in [4.69, 9.17) is 0 Å². The summed E-state index contributed by atoms with van der Waals surface area (Å²) in [6.07, 6.45) is 1.19. The molecule has 0 spiro atoms. The van der Waals surface area contributed by atoms with Crippen molar-refractivity contribution in [1.29, 1.82) is 0 Å². The first-order chi connectivity index (χ1) is 12.9. The van der Waals surface area contributed by atoms with Gasteiger partial charge in [0.1, 0.15) is 5.82 Å². The normalized spacial score (nSPS) is 10.7. The summed E-state index contributed by atoms with van der Waals surface area (Å²) in [4.78, 5) is 40.0. The van der Waals surface area contributed by atoms with Crippen LogP contribution in [-0.2, 0) is 6.42 Å². The Labute approximate surface area is 152 Å². The molecule has 0 bridgehead atoms. The number of carbonyl (C=O) groups is 1. The first-order valence-electron chi connectivity index (χ1n) is 8.10. The highest BCUT2D eigenvalue weighted by molar-refractivity contribution is 5.95. The Hall–Kier alpha value is -3.82. The molecule has 0 fully saturated rings. The van der Waals surface area contributed by atoms with Crippen LogP contribution >= 0.6 is 0 Å². The predicted octanol–water partition coefficient (Wildman–Crippen LogP) is 2.74. The van der Waals surface area contributed by atoms with Crippen molar-refractivity contribution in [2.45, 2.75) is 12.8 Å². The van der Waals surface area contributed by atoms with Crippen LogP contribution in [0.5, 0.6) is 0 Å². The van der Waals surface area contributed by atoms with Gasteiger partial charge in [0, 0.05) is 25.1 Å². The Morgan fingerprint density at radius 2 is 1.74 bits per heavy atom. The maximum atomic E-state index is 12.2. The van der Waals surface area contributed by atoms with Gasteiger partial charge in [-0.25, -0.2) is 4.98 Å². The van der Waals surface area contributed by atoms with Crippen molar-refractivity contribution in [2.75, 3.05) is 6.54 Å². The van der Waals surface area contributed by atoms with E-state index >= 15 is 0 Å². The van der Waals surface area contributed by atoms with E-state index in [0.717, 1.165) is 35.1 Å². The number of para-hydroxylation sites is 2. The first-order valence-corrected chi connectivity index (χ1v) is 8.10. The van der Waals surface area contributed by atoms with E-state index in [2.05, 4.69) is 15.3 Å². The molecular weight excluding hydrogens is 354 g/mol. The van der Waals surface area contributed by atoms with Crippen molar-refractivity contribution in [3.8, 4) is 0 Å². The highest BCUT2D eigenvalue weighted by Crippen LogP contribution is 2.22. The number of benzene rings is 2. The molecule has 1 aromatic heterocycles. The molecule has 0 aliphatic carbocycles. The van der Waals surface area contributed by atoms with Crippen LogP contribution in [0, 0.1) is 20.2 Å². The number of H-pyrrole nitrogens is 1. The fourth-order valence-electron chi connectivity index (χ4n) is 2.62. The Kier molecular flexibility index (Phi) is 5.06. The van der Waals surface area contributed by atoms with E-state index in [1.54, 1.807) is 0 Å². The minimum Gasteiger partial charge on any atom is -0.352 e. The van der Waals surface area contributed by atoms with Gasteiger partial charge < -0.3 is 10.3 Å². The molecule has 0 radical (unpaired) electrons. The molecule has 0 saturated carbocycles. The molecule has 0 aliphatic heterocycles. The molecule has 27 heavy (non-hydrogen) atoms. The maximum absolute atomic E-state index is 12.2. The zero-order valence-corrected chi connectivity index (χ0v) is 14.0. The summed E-state index contributed by atoms with van der Waals surface area (Å²) in [5.74, 6) is 0.183. The number of fused-ring (bicyclic) bond motifs is 1. The number of carbonyl (C=O) groups excluding carboxylic acids is 1. The smallest absolute Gasteiger partial charge is 0.277 e. The van der Waals surface area contributed by atoms with E-state index < -0.39 is 27.1 Å². The lowest BCUT2D eigenvalue weighted by atomic mass is 10.1. The number of imidazole rings is 1. The van der Waals surface area contributed by atoms with Gasteiger partial charge in [-0.3, -0.25) is 25.0 Å². The van der Waals surface area contributed by atoms with Crippen molar-refractivity contribution >= 4 is 28.3 Å². The van der Waals surface area contributed by atoms with Crippen molar-refractivity contribution in [3.05, 3.63) is 74.1 Å². The fourth-order valence-corrected chi connectivity index (χ4v) is 2.62. The van der Waals surface area contributed by atoms with Gasteiger partial charge in [0.25, 0.3) is 17.3 Å². The lowest BCUT2D eigenvalue weighted by Gasteiger charge is -2.05. The van der Waals surface area contributed by atoms with Crippen molar-refractivity contribution in [1.82, 2.24) is 15.3 Å². The van der Waals surface area contributed by atoms with Crippen LogP contribution in [0.4, 0.5) is 11.4 Å². The molecule has 138 valence electrons. The number of nitro groups is 2. The second-order valence-electron chi connectivity index (χ2n) is 5.81. The van der Waals surface area contributed by atoms with Gasteiger partial charge in [0.2, 0.25) is 0 Å². The summed E-state index contributed by atoms with van der Waals surface area (Å²) in [5.41, 5.74) is 0.661. The Morgan fingerprint density at radius 1 is 1.07 bits per heavy atom. The van der Waals surface area contributed by atoms with Crippen LogP contribution in [-0.4, -0.2) is 32.3 Å². The quantitative estimate of drug-likeness (QED) is 0.372. The third-order valence-corrected chi connectivity index (χ3v) is 3.90. The molecule has 2 aromatic carbocycles. The maximum Gasteiger partial charge on any atom is 0.277 e. The van der Waals surface area contributed by atoms with Crippen molar-refractivity contribution in [2.24, 2.45) is 0 Å². The predicted molar refractivity (Wildman–Crippen MR) is 96.5 cm³/mol. The van der Waals surface area contributed by atoms with E-state index in [1.807, 2.05) is 24.3 Å². The van der Waals surface area contributed by atoms with E-state index in [0.29, 0.717) is 19.4 Å². The fraction of sp³-hybridized carbons (Fsp3) is 0.176. The number of amides is 1. The molecule has 0 unspecified atom stereocenters. The SMILES string of the molecule is O=C(NCCCc1nc2ccccc2[nH]1)c1cc([N+](=O)[O-])cc([N+](=O)[O-])c1. The number of nitro benzene ring substituents is 2. The number of aryl methyl sites for hydroxylation is 1. The number of hydrogen-bond donors (Lipinski definition) is 2. The third kappa shape index (κ3) is 4.24. The van der Waals surface area contributed by atoms with Gasteiger partial charge in [-0.2, -0.15) is 0 Å². The van der Waals surface area contributed by atoms with Gasteiger partial charge in [-0.1, -0.05) is 12.1 Å². The largest absolute Gasteiger partial charge is 0.352 e. The van der Waals surface area contributed by atoms with E-state index in [9.17, 15) is 25.0 Å². The lowest BCUT2D eigenvalue weighted by molar-refractivity contribution is -0.394. The number of aromatic nitrogens is 2. The molecule has 3 rings (SSSR count). The second kappa shape index (κ2) is 7.60. The standard InChI is InChI=1S/C17H15N5O5/c23-17(11-8-12(21(24)25)10-13(9-11)22(26)27)18-7-3-6-16-19-14-4-1-2-5-15(14)20-16/h1-2,4-5,8-10H,3,6-7H2,(H,18,23)(H,19,20). The topological polar surface area (TPSA) is 144 Å². The second-order valence-corrected chi connectivity index (χ2v) is 5.81. The molecule has 1 amide bonds. The van der Waals surface area contributed by atoms with Gasteiger partial charge in [0.15, 0.2) is 0 Å². The summed E-state index contributed by atoms with van der Waals surface area (Å²) < 4.78 is 0. The Morgan fingerprint density at radius 3 is 2.37 bits per heavy atom. The molecule has 10 nitrogen and oxygen atoms in total. The monoisotopic (exact) mass is 369 g/mol. The zero-order valence-electron chi connectivity index (χ0n) is 14.0. The van der Waals surface area contributed by atoms with E-state index in [1.165, 1.54) is 0 Å². The first kappa shape index (κ1) is 18.0. The third-order valence-electron chi connectivity index (χ3n) is 3.90. The number of non-ortho nitro benzene ring substituents is 2. The van der Waals surface area contributed by atoms with Gasteiger partial charge in [0.05, 0.1) is 32.5 Å². The Bertz CT molecular complexity index is 964. The number of hydrogen-bond acceptors (Lipinski definition) is 6. The zero-order chi connectivity index (χ0) is 19.4. The highest BCUT2D eigenvalue weighted by Gasteiger charge is 2.19. The lowest BCUT2D eigenvalue weighted by Crippen LogP contribution is -2.25. The van der Waals surface area contributed by atoms with Gasteiger partial charge in [-0.05, 0) is 18.6 Å². The number of nitrogens with zero attached hydrogens (tertiary/aromatic N) is 3. The number of rotatable bonds is 7. The van der Waals surface area contributed by atoms with Crippen LogP contribution in [0.2, 0.25) is 0 Å². The minimum atomic E-state index is -0.772. The molecule has 2 N–H and O–H groups in total. The Balaban J connectivity index is 1.60. The van der Waals surface area contributed by atoms with Crippen LogP contribution in [0.15, 0.2) is 42.5 Å². The van der Waals surface area contributed by atoms with Crippen molar-refractivity contribution < 1.29 is 14.6 Å². The molecule has 0 aliphatic rings. The number of aromatic amines is 1. The summed E-state index contributed by atoms with van der Waals surface area (Å²) in [5, 5.41) is 24.4. The summed E-state index contributed by atoms with van der Waals surface area (Å²) in [6, 6.07) is 10.5. The summed E-state index contributed by atoms with van der Waals surface area (Å²) in [7, 11) is 0. The molecule has 0 saturated heterocycles. The van der Waals surface area contributed by atoms with Gasteiger partial charge in [-0.15, -0.1) is 0 Å². The van der Waals surface area contributed by atoms with Crippen LogP contribution in [0.25, 0.3) is 11.0 Å². The van der Waals surface area contributed by atoms with Crippen LogP contribution < -0.4 is 5.32 Å². The van der Waals surface area contributed by atoms with E-state index in [-0.39, 0.29) is 5.56 Å². The average Bonchev–Trinajstić information content (AvgIpc) is 3.07. The molecule has 1 heterocycles.